The summed E-state index contributed by atoms with van der Waals surface area (Å²) < 4.78 is 6.68. The fraction of sp³-hybridized carbons (Fsp3) is 0.375. The maximum Gasteiger partial charge on any atom is 0.331 e. The van der Waals surface area contributed by atoms with Gasteiger partial charge in [0, 0.05) is 25.0 Å². The van der Waals surface area contributed by atoms with Crippen molar-refractivity contribution < 1.29 is 4.79 Å². The van der Waals surface area contributed by atoms with Gasteiger partial charge in [0.25, 0.3) is 5.56 Å². The summed E-state index contributed by atoms with van der Waals surface area (Å²) in [7, 11) is 3.01. The van der Waals surface area contributed by atoms with Crippen molar-refractivity contribution in [2.45, 2.75) is 44.4 Å². The van der Waals surface area contributed by atoms with Gasteiger partial charge in [0.2, 0.25) is 5.91 Å². The van der Waals surface area contributed by atoms with Gasteiger partial charge in [0.05, 0.1) is 23.2 Å². The van der Waals surface area contributed by atoms with Gasteiger partial charge in [-0.05, 0) is 35.9 Å². The van der Waals surface area contributed by atoms with Crippen molar-refractivity contribution in [2.75, 3.05) is 5.32 Å². The molecule has 0 aliphatic heterocycles. The summed E-state index contributed by atoms with van der Waals surface area (Å²) >= 11 is 2.40. The summed E-state index contributed by atoms with van der Waals surface area (Å²) in [5.41, 5.74) is 2.74. The average Bonchev–Trinajstić information content (AvgIpc) is 3.49. The number of aryl methyl sites for hydroxylation is 1. The Bertz CT molecular complexity index is 1470. The van der Waals surface area contributed by atoms with E-state index in [1.54, 1.807) is 7.05 Å². The monoisotopic (exact) mass is 495 g/mol. The average molecular weight is 496 g/mol. The lowest BCUT2D eigenvalue weighted by Crippen LogP contribution is -2.36. The lowest BCUT2D eigenvalue weighted by Gasteiger charge is -2.22. The SMILES string of the molecule is Cn1c(=O)c2c(CC(=O)Nc3nc(-c4ccc(C5CCCCC5)cc4)cs3)nsc2n(C)c1=O. The first kappa shape index (κ1) is 22.7. The van der Waals surface area contributed by atoms with Crippen molar-refractivity contribution in [1.82, 2.24) is 18.5 Å². The summed E-state index contributed by atoms with van der Waals surface area (Å²) in [6.07, 6.45) is 6.43. The van der Waals surface area contributed by atoms with Gasteiger partial charge in [-0.1, -0.05) is 43.5 Å². The molecule has 3 aromatic heterocycles. The molecule has 8 nitrogen and oxygen atoms in total. The lowest BCUT2D eigenvalue weighted by atomic mass is 9.84. The second-order valence-electron chi connectivity index (χ2n) is 8.73. The molecule has 1 aromatic carbocycles. The highest BCUT2D eigenvalue weighted by Gasteiger charge is 2.19. The van der Waals surface area contributed by atoms with Crippen LogP contribution in [0.25, 0.3) is 21.5 Å². The molecule has 3 heterocycles. The third kappa shape index (κ3) is 4.23. The van der Waals surface area contributed by atoms with Crippen LogP contribution in [0.1, 0.15) is 49.3 Å². The van der Waals surface area contributed by atoms with Crippen molar-refractivity contribution in [3.8, 4) is 11.3 Å². The molecule has 10 heteroatoms. The number of hydrogen-bond donors (Lipinski definition) is 1. The van der Waals surface area contributed by atoms with Crippen molar-refractivity contribution in [3.63, 3.8) is 0 Å². The molecular formula is C24H25N5O3S2. The van der Waals surface area contributed by atoms with Gasteiger partial charge in [-0.25, -0.2) is 9.78 Å². The number of anilines is 1. The molecule has 1 saturated carbocycles. The van der Waals surface area contributed by atoms with Crippen LogP contribution in [0.2, 0.25) is 0 Å². The van der Waals surface area contributed by atoms with Gasteiger partial charge in [0.15, 0.2) is 5.13 Å². The number of aromatic nitrogens is 4. The fourth-order valence-electron chi connectivity index (χ4n) is 4.59. The van der Waals surface area contributed by atoms with Crippen LogP contribution in [0.4, 0.5) is 5.13 Å². The molecule has 34 heavy (non-hydrogen) atoms. The Morgan fingerprint density at radius 2 is 1.82 bits per heavy atom. The number of thiazole rings is 1. The highest BCUT2D eigenvalue weighted by Crippen LogP contribution is 2.34. The van der Waals surface area contributed by atoms with Crippen LogP contribution < -0.4 is 16.6 Å². The maximum atomic E-state index is 12.7. The van der Waals surface area contributed by atoms with E-state index in [0.717, 1.165) is 27.4 Å². The molecule has 176 valence electrons. The molecule has 1 fully saturated rings. The van der Waals surface area contributed by atoms with Gasteiger partial charge in [-0.2, -0.15) is 4.37 Å². The Morgan fingerprint density at radius 3 is 2.56 bits per heavy atom. The normalized spacial score (nSPS) is 14.5. The van der Waals surface area contributed by atoms with Crippen molar-refractivity contribution in [2.24, 2.45) is 14.1 Å². The van der Waals surface area contributed by atoms with E-state index in [2.05, 4.69) is 38.9 Å². The van der Waals surface area contributed by atoms with Gasteiger partial charge in [-0.3, -0.25) is 18.7 Å². The molecule has 0 saturated heterocycles. The number of carbonyl (C=O) groups excluding carboxylic acids is 1. The fourth-order valence-corrected chi connectivity index (χ4v) is 6.17. The highest BCUT2D eigenvalue weighted by atomic mass is 32.1. The van der Waals surface area contributed by atoms with E-state index < -0.39 is 11.2 Å². The van der Waals surface area contributed by atoms with Crippen LogP contribution in [-0.4, -0.2) is 24.4 Å². The summed E-state index contributed by atoms with van der Waals surface area (Å²) in [5, 5.41) is 5.54. The Hall–Kier alpha value is -3.11. The van der Waals surface area contributed by atoms with E-state index >= 15 is 0 Å². The minimum atomic E-state index is -0.442. The molecule has 4 aromatic rings. The van der Waals surface area contributed by atoms with Crippen molar-refractivity contribution in [3.05, 3.63) is 61.7 Å². The number of fused-ring (bicyclic) bond motifs is 1. The Balaban J connectivity index is 1.29. The van der Waals surface area contributed by atoms with Gasteiger partial charge < -0.3 is 5.32 Å². The molecule has 1 aliphatic rings. The molecule has 0 radical (unpaired) electrons. The van der Waals surface area contributed by atoms with E-state index in [0.29, 0.717) is 27.0 Å². The molecule has 0 unspecified atom stereocenters. The zero-order chi connectivity index (χ0) is 23.8. The number of benzene rings is 1. The molecule has 5 rings (SSSR count). The van der Waals surface area contributed by atoms with Crippen LogP contribution in [0.5, 0.6) is 0 Å². The first-order valence-electron chi connectivity index (χ1n) is 11.3. The second-order valence-corrected chi connectivity index (χ2v) is 10.3. The summed E-state index contributed by atoms with van der Waals surface area (Å²) in [5.74, 6) is 0.353. The Labute approximate surface area is 204 Å². The first-order chi connectivity index (χ1) is 16.4. The number of nitrogens with one attached hydrogen (secondary N) is 1. The standard InChI is InChI=1S/C24H25N5O3S2/c1-28-21(31)20-17(27-34-22(20)29(2)24(28)32)12-19(30)26-23-25-18(13-33-23)16-10-8-15(9-11-16)14-6-4-3-5-7-14/h8-11,13-14H,3-7,12H2,1-2H3,(H,25,26,30). The molecule has 0 atom stereocenters. The smallest absolute Gasteiger partial charge is 0.302 e. The molecule has 0 spiro atoms. The zero-order valence-corrected chi connectivity index (χ0v) is 20.7. The minimum absolute atomic E-state index is 0.0710. The number of amides is 1. The largest absolute Gasteiger partial charge is 0.331 e. The van der Waals surface area contributed by atoms with Crippen molar-refractivity contribution >= 4 is 44.1 Å². The van der Waals surface area contributed by atoms with Crippen LogP contribution in [0.3, 0.4) is 0 Å². The molecule has 0 bridgehead atoms. The summed E-state index contributed by atoms with van der Waals surface area (Å²) in [6, 6.07) is 8.60. The topological polar surface area (TPSA) is 98.9 Å². The summed E-state index contributed by atoms with van der Waals surface area (Å²) in [6.45, 7) is 0. The van der Waals surface area contributed by atoms with E-state index in [1.807, 2.05) is 5.38 Å². The first-order valence-corrected chi connectivity index (χ1v) is 13.0. The number of rotatable bonds is 5. The zero-order valence-electron chi connectivity index (χ0n) is 19.0. The van der Waals surface area contributed by atoms with Gasteiger partial charge in [-0.15, -0.1) is 11.3 Å². The van der Waals surface area contributed by atoms with E-state index in [-0.39, 0.29) is 12.3 Å². The molecular weight excluding hydrogens is 470 g/mol. The molecule has 1 amide bonds. The predicted octanol–water partition coefficient (Wildman–Crippen LogP) is 4.05. The quantitative estimate of drug-likeness (QED) is 0.450. The number of carbonyl (C=O) groups is 1. The van der Waals surface area contributed by atoms with Crippen LogP contribution >= 0.6 is 22.9 Å². The third-order valence-corrected chi connectivity index (χ3v) is 8.22. The third-order valence-electron chi connectivity index (χ3n) is 6.50. The Kier molecular flexibility index (Phi) is 6.18. The van der Waals surface area contributed by atoms with Crippen LogP contribution in [-0.2, 0) is 25.3 Å². The van der Waals surface area contributed by atoms with Gasteiger partial charge >= 0.3 is 5.69 Å². The van der Waals surface area contributed by atoms with E-state index in [9.17, 15) is 14.4 Å². The van der Waals surface area contributed by atoms with Crippen molar-refractivity contribution in [1.29, 1.82) is 0 Å². The van der Waals surface area contributed by atoms with Crippen LogP contribution in [0.15, 0.2) is 39.2 Å². The maximum absolute atomic E-state index is 12.7. The molecule has 1 N–H and O–H groups in total. The lowest BCUT2D eigenvalue weighted by molar-refractivity contribution is -0.115. The summed E-state index contributed by atoms with van der Waals surface area (Å²) in [4.78, 5) is 42.4. The predicted molar refractivity (Wildman–Crippen MR) is 136 cm³/mol. The number of nitrogens with zero attached hydrogens (tertiary/aromatic N) is 4. The number of hydrogen-bond acceptors (Lipinski definition) is 7. The van der Waals surface area contributed by atoms with Crippen LogP contribution in [0, 0.1) is 0 Å². The highest BCUT2D eigenvalue weighted by molar-refractivity contribution is 7.14. The molecule has 1 aliphatic carbocycles. The van der Waals surface area contributed by atoms with E-state index in [1.165, 1.54) is 60.6 Å². The van der Waals surface area contributed by atoms with E-state index in [4.69, 9.17) is 0 Å². The minimum Gasteiger partial charge on any atom is -0.302 e. The Morgan fingerprint density at radius 1 is 1.09 bits per heavy atom. The second kappa shape index (κ2) is 9.27. The van der Waals surface area contributed by atoms with Gasteiger partial charge in [0.1, 0.15) is 4.83 Å².